The second kappa shape index (κ2) is 10.4. The van der Waals surface area contributed by atoms with Crippen LogP contribution in [0.1, 0.15) is 37.7 Å². The molecule has 1 saturated carbocycles. The second-order valence-electron chi connectivity index (χ2n) is 12.8. The highest BCUT2D eigenvalue weighted by Gasteiger charge is 2.46. The van der Waals surface area contributed by atoms with Crippen molar-refractivity contribution in [2.24, 2.45) is 5.41 Å². The quantitative estimate of drug-likeness (QED) is 0.305. The molecule has 3 saturated heterocycles. The largest absolute Gasteiger partial charge is 0.463 e. The molecule has 5 heterocycles. The lowest BCUT2D eigenvalue weighted by Gasteiger charge is -2.34. The second-order valence-corrected chi connectivity index (χ2v) is 12.8. The number of nitrogens with zero attached hydrogens (tertiary/aromatic N) is 5. The van der Waals surface area contributed by atoms with E-state index in [-0.39, 0.29) is 11.0 Å². The molecule has 220 valence electrons. The molecule has 2 unspecified atom stereocenters. The maximum atomic E-state index is 14.7. The van der Waals surface area contributed by atoms with Gasteiger partial charge in [0.2, 0.25) is 0 Å². The Morgan fingerprint density at radius 2 is 1.84 bits per heavy atom. The number of aromatic nitrogens is 3. The van der Waals surface area contributed by atoms with Crippen LogP contribution in [0, 0.1) is 23.6 Å². The number of piperazine rings is 1. The van der Waals surface area contributed by atoms with Gasteiger partial charge in [0.05, 0.1) is 23.3 Å². The number of benzene rings is 2. The van der Waals surface area contributed by atoms with Gasteiger partial charge in [0.15, 0.2) is 5.65 Å². The Kier molecular flexibility index (Phi) is 6.46. The molecule has 4 aromatic rings. The molecule has 0 radical (unpaired) electrons. The van der Waals surface area contributed by atoms with Gasteiger partial charge in [-0.15, -0.1) is 6.42 Å². The van der Waals surface area contributed by atoms with Gasteiger partial charge < -0.3 is 15.0 Å². The van der Waals surface area contributed by atoms with E-state index in [4.69, 9.17) is 26.1 Å². The molecule has 1 N–H and O–H groups in total. The smallest absolute Gasteiger partial charge is 0.320 e. The van der Waals surface area contributed by atoms with Gasteiger partial charge in [-0.1, -0.05) is 30.2 Å². The van der Waals surface area contributed by atoms with Gasteiger partial charge in [0, 0.05) is 61.2 Å². The van der Waals surface area contributed by atoms with Crippen LogP contribution < -0.4 is 15.0 Å². The summed E-state index contributed by atoms with van der Waals surface area (Å²) in [5.41, 5.74) is 2.19. The Balaban J connectivity index is 1.18. The zero-order valence-corrected chi connectivity index (χ0v) is 24.0. The molecule has 9 heteroatoms. The third kappa shape index (κ3) is 4.96. The first-order valence-corrected chi connectivity index (χ1v) is 15.3. The van der Waals surface area contributed by atoms with Crippen LogP contribution in [-0.2, 0) is 0 Å². The molecular weight excluding hydrogens is 546 g/mol. The number of rotatable bonds is 7. The van der Waals surface area contributed by atoms with Crippen LogP contribution >= 0.6 is 0 Å². The molecule has 4 fully saturated rings. The Bertz CT molecular complexity index is 1760. The van der Waals surface area contributed by atoms with Crippen molar-refractivity contribution in [1.82, 2.24) is 25.2 Å². The Morgan fingerprint density at radius 1 is 1.00 bits per heavy atom. The van der Waals surface area contributed by atoms with Gasteiger partial charge in [-0.05, 0) is 55.7 Å². The summed E-state index contributed by atoms with van der Waals surface area (Å²) in [6.45, 7) is 4.37. The van der Waals surface area contributed by atoms with Crippen LogP contribution in [0.3, 0.4) is 0 Å². The lowest BCUT2D eigenvalue weighted by atomic mass is 9.96. The van der Waals surface area contributed by atoms with Crippen LogP contribution in [0.4, 0.5) is 14.6 Å². The van der Waals surface area contributed by atoms with Crippen molar-refractivity contribution in [3.8, 4) is 29.6 Å². The minimum atomic E-state index is -0.729. The molecule has 7 nitrogen and oxygen atoms in total. The first-order chi connectivity index (χ1) is 21.0. The van der Waals surface area contributed by atoms with E-state index in [0.717, 1.165) is 74.0 Å². The van der Waals surface area contributed by atoms with Gasteiger partial charge in [0.25, 0.3) is 0 Å². The van der Waals surface area contributed by atoms with E-state index in [1.807, 2.05) is 30.3 Å². The highest BCUT2D eigenvalue weighted by molar-refractivity contribution is 6.01. The number of ether oxygens (including phenoxy) is 1. The number of hydrogen-bond donors (Lipinski definition) is 1. The maximum absolute atomic E-state index is 14.7. The maximum Gasteiger partial charge on any atom is 0.320 e. The van der Waals surface area contributed by atoms with Crippen molar-refractivity contribution in [2.45, 2.75) is 50.4 Å². The Labute approximate surface area is 249 Å². The minimum Gasteiger partial charge on any atom is -0.463 e. The van der Waals surface area contributed by atoms with E-state index < -0.39 is 12.0 Å². The Morgan fingerprint density at radius 3 is 2.58 bits per heavy atom. The predicted molar refractivity (Wildman–Crippen MR) is 163 cm³/mol. The van der Waals surface area contributed by atoms with E-state index >= 15 is 0 Å². The topological polar surface area (TPSA) is 66.4 Å². The van der Waals surface area contributed by atoms with E-state index in [1.54, 1.807) is 6.07 Å². The summed E-state index contributed by atoms with van der Waals surface area (Å²) in [4.78, 5) is 19.3. The van der Waals surface area contributed by atoms with E-state index in [0.29, 0.717) is 54.4 Å². The highest BCUT2D eigenvalue weighted by Crippen LogP contribution is 2.47. The van der Waals surface area contributed by atoms with Crippen LogP contribution in [0.5, 0.6) is 6.01 Å². The summed E-state index contributed by atoms with van der Waals surface area (Å²) >= 11 is 0. The molecule has 3 aliphatic heterocycles. The third-order valence-corrected chi connectivity index (χ3v) is 9.69. The standard InChI is InChI=1S/C34H34F2N6O/c1-2-25-28(36)10-6-21-4-3-5-26(30(21)25)29-11-9-27-31(38-29)39-33(40-32(27)42-17-23-7-8-24(18-42)37-23)43-20-34(13-14-34)19-41-15-12-22(35)16-41/h1,3-6,9-11,22-24,37H,7-8,12-20H2/t22-,23?,24?/m1/s1. The monoisotopic (exact) mass is 580 g/mol. The highest BCUT2D eigenvalue weighted by atomic mass is 19.1. The zero-order chi connectivity index (χ0) is 29.1. The van der Waals surface area contributed by atoms with Crippen molar-refractivity contribution in [3.05, 3.63) is 53.8 Å². The summed E-state index contributed by atoms with van der Waals surface area (Å²) < 4.78 is 34.9. The lowest BCUT2D eigenvalue weighted by molar-refractivity contribution is 0.165. The SMILES string of the molecule is C#Cc1c(F)ccc2cccc(-c3ccc4c(N5CC6CCC(C5)N6)nc(OCC5(CN6CC[C@@H](F)C6)CC5)nc4n3)c12. The number of likely N-dealkylation sites (tertiary alicyclic amines) is 1. The lowest BCUT2D eigenvalue weighted by Crippen LogP contribution is -2.51. The number of halogens is 2. The third-order valence-electron chi connectivity index (χ3n) is 9.69. The fourth-order valence-electron chi connectivity index (χ4n) is 7.25. The van der Waals surface area contributed by atoms with E-state index in [2.05, 4.69) is 21.0 Å². The molecule has 2 aromatic heterocycles. The summed E-state index contributed by atoms with van der Waals surface area (Å²) in [7, 11) is 0. The number of nitrogens with one attached hydrogen (secondary N) is 1. The van der Waals surface area contributed by atoms with Crippen LogP contribution in [-0.4, -0.2) is 77.4 Å². The van der Waals surface area contributed by atoms with Crippen molar-refractivity contribution in [1.29, 1.82) is 0 Å². The van der Waals surface area contributed by atoms with Crippen molar-refractivity contribution < 1.29 is 13.5 Å². The van der Waals surface area contributed by atoms with E-state index in [9.17, 15) is 8.78 Å². The summed E-state index contributed by atoms with van der Waals surface area (Å²) in [5, 5.41) is 6.06. The van der Waals surface area contributed by atoms with Crippen LogP contribution in [0.15, 0.2) is 42.5 Å². The number of fused-ring (bicyclic) bond motifs is 4. The van der Waals surface area contributed by atoms with Gasteiger partial charge in [-0.25, -0.2) is 13.8 Å². The molecule has 8 rings (SSSR count). The number of terminal acetylenes is 1. The van der Waals surface area contributed by atoms with Gasteiger partial charge in [-0.3, -0.25) is 4.90 Å². The van der Waals surface area contributed by atoms with Crippen molar-refractivity contribution >= 4 is 27.6 Å². The fourth-order valence-corrected chi connectivity index (χ4v) is 7.25. The molecule has 0 amide bonds. The van der Waals surface area contributed by atoms with Crippen molar-refractivity contribution in [2.75, 3.05) is 44.2 Å². The molecule has 2 bridgehead atoms. The normalized spacial score (nSPS) is 24.5. The minimum absolute atomic E-state index is 0.0185. The van der Waals surface area contributed by atoms with Gasteiger partial charge in [-0.2, -0.15) is 9.97 Å². The molecular formula is C34H34F2N6O. The average Bonchev–Trinajstić information content (AvgIpc) is 3.54. The summed E-state index contributed by atoms with van der Waals surface area (Å²) in [6.07, 6.45) is 10.1. The van der Waals surface area contributed by atoms with Crippen LogP contribution in [0.2, 0.25) is 0 Å². The van der Waals surface area contributed by atoms with Crippen molar-refractivity contribution in [3.63, 3.8) is 0 Å². The molecule has 4 aliphatic rings. The molecule has 1 aliphatic carbocycles. The average molecular weight is 581 g/mol. The van der Waals surface area contributed by atoms with Gasteiger partial charge in [0.1, 0.15) is 17.8 Å². The molecule has 3 atom stereocenters. The Hall–Kier alpha value is -3.87. The summed E-state index contributed by atoms with van der Waals surface area (Å²) in [5.74, 6) is 2.94. The first kappa shape index (κ1) is 26.7. The number of alkyl halides is 1. The molecule has 0 spiro atoms. The molecule has 43 heavy (non-hydrogen) atoms. The number of pyridine rings is 1. The van der Waals surface area contributed by atoms with Gasteiger partial charge >= 0.3 is 6.01 Å². The number of hydrogen-bond acceptors (Lipinski definition) is 7. The van der Waals surface area contributed by atoms with E-state index in [1.165, 1.54) is 6.07 Å². The summed E-state index contributed by atoms with van der Waals surface area (Å²) in [6, 6.07) is 14.1. The first-order valence-electron chi connectivity index (χ1n) is 15.3. The predicted octanol–water partition coefficient (Wildman–Crippen LogP) is 5.11. The van der Waals surface area contributed by atoms with Crippen LogP contribution in [0.25, 0.3) is 33.1 Å². The fraction of sp³-hybridized carbons (Fsp3) is 0.441. The number of anilines is 1. The molecule has 2 aromatic carbocycles. The zero-order valence-electron chi connectivity index (χ0n) is 24.0.